The van der Waals surface area contributed by atoms with Gasteiger partial charge in [0.1, 0.15) is 0 Å². The Kier molecular flexibility index (Phi) is 5.41. The van der Waals surface area contributed by atoms with Crippen molar-refractivity contribution in [1.82, 2.24) is 10.6 Å². The predicted molar refractivity (Wildman–Crippen MR) is 112 cm³/mol. The van der Waals surface area contributed by atoms with Gasteiger partial charge in [-0.05, 0) is 61.8 Å². The van der Waals surface area contributed by atoms with Crippen LogP contribution in [0.3, 0.4) is 0 Å². The monoisotopic (exact) mass is 396 g/mol. The number of non-ortho nitro benzene ring substituents is 1. The number of rotatable bonds is 4. The molecular weight excluding hydrogens is 376 g/mol. The Morgan fingerprint density at radius 1 is 1.14 bits per heavy atom. The van der Waals surface area contributed by atoms with Crippen molar-refractivity contribution >= 4 is 34.6 Å². The largest absolute Gasteiger partial charge is 0.351 e. The number of nitro groups is 1. The highest BCUT2D eigenvalue weighted by Crippen LogP contribution is 2.30. The van der Waals surface area contributed by atoms with E-state index in [2.05, 4.69) is 16.0 Å². The Bertz CT molecular complexity index is 996. The highest BCUT2D eigenvalue weighted by Gasteiger charge is 2.30. The SMILES string of the molecule is CC1=C(C(=O)Nc2cc(C)cc(C)c2)[C@H](c2cccc([N+](=O)[O-])c2)NC(=S)N1. The standard InChI is InChI=1S/C20H20N4O3S/c1-11-7-12(2)9-15(8-11)22-19(25)17-13(3)21-20(28)23-18(17)14-5-4-6-16(10-14)24(26)27/h4-10,18H,1-3H3,(H,22,25)(H2,21,23,28)/t18-/m0/s1. The van der Waals surface area contributed by atoms with Gasteiger partial charge in [-0.1, -0.05) is 18.2 Å². The fourth-order valence-corrected chi connectivity index (χ4v) is 3.58. The molecule has 28 heavy (non-hydrogen) atoms. The molecule has 0 spiro atoms. The van der Waals surface area contributed by atoms with E-state index in [9.17, 15) is 14.9 Å². The number of nitrogens with zero attached hydrogens (tertiary/aromatic N) is 1. The van der Waals surface area contributed by atoms with Gasteiger partial charge < -0.3 is 16.0 Å². The summed E-state index contributed by atoms with van der Waals surface area (Å²) < 4.78 is 0. The lowest BCUT2D eigenvalue weighted by Crippen LogP contribution is -2.45. The molecule has 8 heteroatoms. The lowest BCUT2D eigenvalue weighted by molar-refractivity contribution is -0.384. The number of hydrogen-bond donors (Lipinski definition) is 3. The van der Waals surface area contributed by atoms with Gasteiger partial charge in [0.15, 0.2) is 5.11 Å². The predicted octanol–water partition coefficient (Wildman–Crippen LogP) is 3.64. The first-order valence-corrected chi connectivity index (χ1v) is 9.07. The molecule has 1 heterocycles. The summed E-state index contributed by atoms with van der Waals surface area (Å²) in [4.78, 5) is 23.8. The molecule has 1 aliphatic rings. The van der Waals surface area contributed by atoms with E-state index < -0.39 is 11.0 Å². The quantitative estimate of drug-likeness (QED) is 0.415. The Morgan fingerprint density at radius 3 is 2.46 bits per heavy atom. The van der Waals surface area contributed by atoms with Gasteiger partial charge in [-0.2, -0.15) is 0 Å². The van der Waals surface area contributed by atoms with Crippen molar-refractivity contribution in [1.29, 1.82) is 0 Å². The molecule has 0 aliphatic carbocycles. The van der Waals surface area contributed by atoms with Crippen LogP contribution >= 0.6 is 12.2 Å². The molecule has 0 bridgehead atoms. The summed E-state index contributed by atoms with van der Waals surface area (Å²) in [7, 11) is 0. The summed E-state index contributed by atoms with van der Waals surface area (Å²) in [6.07, 6.45) is 0. The number of thiocarbonyl (C=S) groups is 1. The maximum absolute atomic E-state index is 13.1. The lowest BCUT2D eigenvalue weighted by atomic mass is 9.94. The number of anilines is 1. The minimum absolute atomic E-state index is 0.0459. The first kappa shape index (κ1) is 19.5. The highest BCUT2D eigenvalue weighted by atomic mass is 32.1. The van der Waals surface area contributed by atoms with Crippen molar-refractivity contribution in [2.45, 2.75) is 26.8 Å². The molecule has 0 saturated carbocycles. The van der Waals surface area contributed by atoms with E-state index >= 15 is 0 Å². The van der Waals surface area contributed by atoms with E-state index in [4.69, 9.17) is 12.2 Å². The molecule has 0 unspecified atom stereocenters. The second-order valence-electron chi connectivity index (χ2n) is 6.75. The van der Waals surface area contributed by atoms with Crippen LogP contribution in [0.5, 0.6) is 0 Å². The number of nitrogens with one attached hydrogen (secondary N) is 3. The second kappa shape index (κ2) is 7.77. The van der Waals surface area contributed by atoms with Crippen LogP contribution in [0, 0.1) is 24.0 Å². The number of nitro benzene ring substituents is 1. The molecule has 0 radical (unpaired) electrons. The fraction of sp³-hybridized carbons (Fsp3) is 0.200. The maximum Gasteiger partial charge on any atom is 0.269 e. The third-order valence-electron chi connectivity index (χ3n) is 4.41. The first-order valence-electron chi connectivity index (χ1n) is 8.67. The third kappa shape index (κ3) is 4.17. The molecule has 1 amide bonds. The fourth-order valence-electron chi connectivity index (χ4n) is 3.31. The van der Waals surface area contributed by atoms with Crippen molar-refractivity contribution in [3.05, 3.63) is 80.5 Å². The van der Waals surface area contributed by atoms with Crippen molar-refractivity contribution in [2.24, 2.45) is 0 Å². The van der Waals surface area contributed by atoms with Crippen LogP contribution < -0.4 is 16.0 Å². The molecule has 0 saturated heterocycles. The number of carbonyl (C=O) groups is 1. The minimum Gasteiger partial charge on any atom is -0.351 e. The minimum atomic E-state index is -0.598. The van der Waals surface area contributed by atoms with Crippen LogP contribution in [-0.2, 0) is 4.79 Å². The highest BCUT2D eigenvalue weighted by molar-refractivity contribution is 7.80. The summed E-state index contributed by atoms with van der Waals surface area (Å²) >= 11 is 5.23. The van der Waals surface area contributed by atoms with E-state index in [1.807, 2.05) is 32.0 Å². The van der Waals surface area contributed by atoms with Gasteiger partial charge in [-0.15, -0.1) is 0 Å². The molecule has 2 aromatic carbocycles. The molecule has 3 rings (SSSR count). The van der Waals surface area contributed by atoms with E-state index in [-0.39, 0.29) is 11.6 Å². The summed E-state index contributed by atoms with van der Waals surface area (Å²) in [6.45, 7) is 5.68. The third-order valence-corrected chi connectivity index (χ3v) is 4.63. The molecule has 1 aliphatic heterocycles. The van der Waals surface area contributed by atoms with Crippen molar-refractivity contribution in [2.75, 3.05) is 5.32 Å². The number of hydrogen-bond acceptors (Lipinski definition) is 4. The topological polar surface area (TPSA) is 96.3 Å². The molecule has 0 aromatic heterocycles. The van der Waals surface area contributed by atoms with Gasteiger partial charge in [0.05, 0.1) is 16.5 Å². The van der Waals surface area contributed by atoms with Gasteiger partial charge >= 0.3 is 0 Å². The number of amides is 1. The molecular formula is C20H20N4O3S. The Balaban J connectivity index is 1.98. The summed E-state index contributed by atoms with van der Waals surface area (Å²) in [5, 5.41) is 20.4. The van der Waals surface area contributed by atoms with Crippen LogP contribution in [-0.4, -0.2) is 15.9 Å². The normalized spacial score (nSPS) is 16.2. The molecule has 0 fully saturated rings. The lowest BCUT2D eigenvalue weighted by Gasteiger charge is -2.30. The zero-order valence-corrected chi connectivity index (χ0v) is 16.5. The number of allylic oxidation sites excluding steroid dienone is 1. The van der Waals surface area contributed by atoms with Crippen molar-refractivity contribution < 1.29 is 9.72 Å². The first-order chi connectivity index (χ1) is 13.2. The maximum atomic E-state index is 13.1. The van der Waals surface area contributed by atoms with Gasteiger partial charge in [0.2, 0.25) is 0 Å². The van der Waals surface area contributed by atoms with Gasteiger partial charge in [0.25, 0.3) is 11.6 Å². The van der Waals surface area contributed by atoms with Crippen LogP contribution in [0.4, 0.5) is 11.4 Å². The zero-order valence-electron chi connectivity index (χ0n) is 15.7. The number of benzene rings is 2. The van der Waals surface area contributed by atoms with Gasteiger partial charge in [-0.25, -0.2) is 0 Å². The van der Waals surface area contributed by atoms with Crippen LogP contribution in [0.1, 0.15) is 29.7 Å². The summed E-state index contributed by atoms with van der Waals surface area (Å²) in [5.41, 5.74) is 4.33. The van der Waals surface area contributed by atoms with Crippen molar-refractivity contribution in [3.8, 4) is 0 Å². The smallest absolute Gasteiger partial charge is 0.269 e. The zero-order chi connectivity index (χ0) is 20.4. The van der Waals surface area contributed by atoms with Crippen LogP contribution in [0.15, 0.2) is 53.7 Å². The van der Waals surface area contributed by atoms with E-state index in [0.717, 1.165) is 11.1 Å². The summed E-state index contributed by atoms with van der Waals surface area (Å²) in [6, 6.07) is 11.4. The average Bonchev–Trinajstić information content (AvgIpc) is 2.60. The molecule has 144 valence electrons. The Morgan fingerprint density at radius 2 is 1.82 bits per heavy atom. The Hall–Kier alpha value is -3.26. The number of aryl methyl sites for hydroxylation is 2. The van der Waals surface area contributed by atoms with Crippen LogP contribution in [0.25, 0.3) is 0 Å². The van der Waals surface area contributed by atoms with Crippen LogP contribution in [0.2, 0.25) is 0 Å². The molecule has 2 aromatic rings. The molecule has 1 atom stereocenters. The molecule has 7 nitrogen and oxygen atoms in total. The second-order valence-corrected chi connectivity index (χ2v) is 7.16. The number of carbonyl (C=O) groups excluding carboxylic acids is 1. The molecule has 3 N–H and O–H groups in total. The summed E-state index contributed by atoms with van der Waals surface area (Å²) in [5.74, 6) is -0.304. The van der Waals surface area contributed by atoms with Gasteiger partial charge in [-0.3, -0.25) is 14.9 Å². The van der Waals surface area contributed by atoms with E-state index in [0.29, 0.717) is 27.6 Å². The Labute approximate surface area is 168 Å². The van der Waals surface area contributed by atoms with E-state index in [1.54, 1.807) is 19.1 Å². The van der Waals surface area contributed by atoms with Crippen molar-refractivity contribution in [3.63, 3.8) is 0 Å². The average molecular weight is 396 g/mol. The van der Waals surface area contributed by atoms with Gasteiger partial charge in [0, 0.05) is 23.5 Å². The van der Waals surface area contributed by atoms with E-state index in [1.165, 1.54) is 12.1 Å².